The first-order valence-electron chi connectivity index (χ1n) is 5.75. The molecule has 96 valence electrons. The highest BCUT2D eigenvalue weighted by atomic mass is 32.2. The van der Waals surface area contributed by atoms with E-state index in [-0.39, 0.29) is 16.3 Å². The molecule has 3 nitrogen and oxygen atoms in total. The molecule has 0 aliphatic heterocycles. The molecule has 0 aliphatic rings. The summed E-state index contributed by atoms with van der Waals surface area (Å²) in [5.41, 5.74) is 5.60. The number of nitrogen functional groups attached to an aromatic ring is 1. The zero-order chi connectivity index (χ0) is 12.9. The van der Waals surface area contributed by atoms with Gasteiger partial charge in [-0.1, -0.05) is 26.2 Å². The van der Waals surface area contributed by atoms with Crippen molar-refractivity contribution in [1.82, 2.24) is 0 Å². The van der Waals surface area contributed by atoms with Crippen LogP contribution in [0.5, 0.6) is 0 Å². The Morgan fingerprint density at radius 1 is 1.24 bits per heavy atom. The summed E-state index contributed by atoms with van der Waals surface area (Å²) in [6, 6.07) is 3.68. The molecule has 5 heteroatoms. The molecular formula is C12H18FNO2S. The van der Waals surface area contributed by atoms with Crippen LogP contribution in [-0.2, 0) is 9.84 Å². The lowest BCUT2D eigenvalue weighted by molar-refractivity contribution is 0.563. The van der Waals surface area contributed by atoms with Crippen LogP contribution in [0.4, 0.5) is 10.1 Å². The molecule has 0 radical (unpaired) electrons. The molecule has 0 saturated carbocycles. The van der Waals surface area contributed by atoms with Gasteiger partial charge in [0.25, 0.3) is 0 Å². The monoisotopic (exact) mass is 259 g/mol. The van der Waals surface area contributed by atoms with Crippen LogP contribution in [0.25, 0.3) is 0 Å². The maximum atomic E-state index is 13.5. The molecular weight excluding hydrogens is 241 g/mol. The lowest BCUT2D eigenvalue weighted by Gasteiger charge is -2.06. The largest absolute Gasteiger partial charge is 0.399 e. The lowest BCUT2D eigenvalue weighted by atomic mass is 10.2. The number of benzene rings is 1. The quantitative estimate of drug-likeness (QED) is 0.631. The smallest absolute Gasteiger partial charge is 0.181 e. The second-order valence-electron chi connectivity index (χ2n) is 4.07. The average Bonchev–Trinajstić information content (AvgIpc) is 2.24. The van der Waals surface area contributed by atoms with E-state index in [1.54, 1.807) is 0 Å². The second kappa shape index (κ2) is 6.00. The Bertz CT molecular complexity index is 471. The van der Waals surface area contributed by atoms with Crippen molar-refractivity contribution < 1.29 is 12.8 Å². The van der Waals surface area contributed by atoms with Gasteiger partial charge in [0.05, 0.1) is 5.75 Å². The minimum atomic E-state index is -3.52. The van der Waals surface area contributed by atoms with Gasteiger partial charge < -0.3 is 5.73 Å². The summed E-state index contributed by atoms with van der Waals surface area (Å²) in [7, 11) is -3.52. The Balaban J connectivity index is 2.76. The maximum absolute atomic E-state index is 13.5. The molecule has 0 aromatic heterocycles. The van der Waals surface area contributed by atoms with E-state index >= 15 is 0 Å². The van der Waals surface area contributed by atoms with Gasteiger partial charge in [-0.3, -0.25) is 0 Å². The van der Waals surface area contributed by atoms with Crippen LogP contribution >= 0.6 is 0 Å². The van der Waals surface area contributed by atoms with Crippen molar-refractivity contribution in [3.63, 3.8) is 0 Å². The van der Waals surface area contributed by atoms with Gasteiger partial charge in [0.15, 0.2) is 9.84 Å². The number of unbranched alkanes of at least 4 members (excludes halogenated alkanes) is 3. The van der Waals surface area contributed by atoms with Gasteiger partial charge in [-0.2, -0.15) is 0 Å². The van der Waals surface area contributed by atoms with E-state index in [0.717, 1.165) is 25.3 Å². The molecule has 0 amide bonds. The highest BCUT2D eigenvalue weighted by Crippen LogP contribution is 2.19. The summed E-state index contributed by atoms with van der Waals surface area (Å²) in [5, 5.41) is 0. The van der Waals surface area contributed by atoms with Gasteiger partial charge in [-0.25, -0.2) is 12.8 Å². The summed E-state index contributed by atoms with van der Waals surface area (Å²) >= 11 is 0. The highest BCUT2D eigenvalue weighted by Gasteiger charge is 2.18. The van der Waals surface area contributed by atoms with Crippen molar-refractivity contribution in [2.45, 2.75) is 37.5 Å². The molecule has 1 aromatic carbocycles. The molecule has 1 aromatic rings. The van der Waals surface area contributed by atoms with Gasteiger partial charge in [-0.05, 0) is 24.6 Å². The summed E-state index contributed by atoms with van der Waals surface area (Å²) < 4.78 is 37.2. The Hall–Kier alpha value is -1.10. The first kappa shape index (κ1) is 14.0. The van der Waals surface area contributed by atoms with Crippen LogP contribution in [0.3, 0.4) is 0 Å². The van der Waals surface area contributed by atoms with Crippen LogP contribution in [0.2, 0.25) is 0 Å². The molecule has 0 aliphatic carbocycles. The topological polar surface area (TPSA) is 60.2 Å². The van der Waals surface area contributed by atoms with E-state index in [4.69, 9.17) is 5.73 Å². The summed E-state index contributed by atoms with van der Waals surface area (Å²) in [5.74, 6) is -0.770. The Labute approximate surface area is 102 Å². The maximum Gasteiger partial charge on any atom is 0.181 e. The van der Waals surface area contributed by atoms with Crippen LogP contribution in [0, 0.1) is 5.82 Å². The first-order chi connectivity index (χ1) is 7.97. The summed E-state index contributed by atoms with van der Waals surface area (Å²) in [6.07, 6.45) is 3.46. The van der Waals surface area contributed by atoms with E-state index in [9.17, 15) is 12.8 Å². The van der Waals surface area contributed by atoms with Gasteiger partial charge in [0.2, 0.25) is 0 Å². The van der Waals surface area contributed by atoms with E-state index in [0.29, 0.717) is 6.42 Å². The third-order valence-electron chi connectivity index (χ3n) is 2.56. The molecule has 2 N–H and O–H groups in total. The first-order valence-corrected chi connectivity index (χ1v) is 7.40. The Morgan fingerprint density at radius 3 is 2.53 bits per heavy atom. The fourth-order valence-corrected chi connectivity index (χ4v) is 3.03. The van der Waals surface area contributed by atoms with Crippen molar-refractivity contribution >= 4 is 15.5 Å². The van der Waals surface area contributed by atoms with Gasteiger partial charge >= 0.3 is 0 Å². The van der Waals surface area contributed by atoms with Gasteiger partial charge in [0.1, 0.15) is 10.7 Å². The van der Waals surface area contributed by atoms with E-state index in [1.807, 2.05) is 6.92 Å². The number of sulfone groups is 1. The average molecular weight is 259 g/mol. The van der Waals surface area contributed by atoms with Crippen molar-refractivity contribution in [2.24, 2.45) is 0 Å². The van der Waals surface area contributed by atoms with E-state index < -0.39 is 15.7 Å². The van der Waals surface area contributed by atoms with Crippen LogP contribution in [0.1, 0.15) is 32.6 Å². The zero-order valence-corrected chi connectivity index (χ0v) is 10.8. The van der Waals surface area contributed by atoms with Crippen LogP contribution in [-0.4, -0.2) is 14.2 Å². The number of rotatable bonds is 6. The van der Waals surface area contributed by atoms with Crippen LogP contribution in [0.15, 0.2) is 23.1 Å². The SMILES string of the molecule is CCCCCCS(=O)(=O)c1ccc(N)cc1F. The molecule has 0 heterocycles. The Kier molecular flexibility index (Phi) is 4.93. The van der Waals surface area contributed by atoms with Gasteiger partial charge in [0, 0.05) is 5.69 Å². The van der Waals surface area contributed by atoms with Crippen molar-refractivity contribution in [2.75, 3.05) is 11.5 Å². The van der Waals surface area contributed by atoms with Crippen molar-refractivity contribution in [1.29, 1.82) is 0 Å². The minimum Gasteiger partial charge on any atom is -0.399 e. The molecule has 0 saturated heterocycles. The molecule has 0 bridgehead atoms. The molecule has 0 fully saturated rings. The zero-order valence-electron chi connectivity index (χ0n) is 9.95. The normalized spacial score (nSPS) is 11.6. The number of nitrogens with two attached hydrogens (primary N) is 1. The van der Waals surface area contributed by atoms with Crippen LogP contribution < -0.4 is 5.73 Å². The molecule has 1 rings (SSSR count). The molecule has 0 spiro atoms. The van der Waals surface area contributed by atoms with Crippen molar-refractivity contribution in [3.8, 4) is 0 Å². The predicted molar refractivity (Wildman–Crippen MR) is 67.0 cm³/mol. The molecule has 0 unspecified atom stereocenters. The minimum absolute atomic E-state index is 0.00611. The summed E-state index contributed by atoms with van der Waals surface area (Å²) in [6.45, 7) is 2.05. The number of anilines is 1. The summed E-state index contributed by atoms with van der Waals surface area (Å²) in [4.78, 5) is -0.247. The Morgan fingerprint density at radius 2 is 1.94 bits per heavy atom. The highest BCUT2D eigenvalue weighted by molar-refractivity contribution is 7.91. The second-order valence-corrected chi connectivity index (χ2v) is 6.15. The fraction of sp³-hybridized carbons (Fsp3) is 0.500. The van der Waals surface area contributed by atoms with Gasteiger partial charge in [-0.15, -0.1) is 0 Å². The van der Waals surface area contributed by atoms with E-state index in [1.165, 1.54) is 12.1 Å². The molecule has 0 atom stereocenters. The lowest BCUT2D eigenvalue weighted by Crippen LogP contribution is -2.09. The fourth-order valence-electron chi connectivity index (χ4n) is 1.60. The van der Waals surface area contributed by atoms with E-state index in [2.05, 4.69) is 0 Å². The number of halogens is 1. The number of hydrogen-bond acceptors (Lipinski definition) is 3. The predicted octanol–water partition coefficient (Wildman–Crippen LogP) is 2.76. The number of hydrogen-bond donors (Lipinski definition) is 1. The molecule has 17 heavy (non-hydrogen) atoms. The third-order valence-corrected chi connectivity index (χ3v) is 4.38. The van der Waals surface area contributed by atoms with Crippen molar-refractivity contribution in [3.05, 3.63) is 24.0 Å². The standard InChI is InChI=1S/C12H18FNO2S/c1-2-3-4-5-8-17(15,16)12-7-6-10(14)9-11(12)13/h6-7,9H,2-5,8,14H2,1H3. The third kappa shape index (κ3) is 4.00.